The van der Waals surface area contributed by atoms with Crippen molar-refractivity contribution in [3.63, 3.8) is 0 Å². The Morgan fingerprint density at radius 2 is 1.90 bits per heavy atom. The van der Waals surface area contributed by atoms with Crippen molar-refractivity contribution in [2.24, 2.45) is 11.5 Å². The molecule has 1 aliphatic rings. The Labute approximate surface area is 175 Å². The number of carbonyl (C=O) groups is 1. The first-order valence-electron chi connectivity index (χ1n) is 10.1. The van der Waals surface area contributed by atoms with Crippen molar-refractivity contribution in [1.82, 2.24) is 15.0 Å². The van der Waals surface area contributed by atoms with Gasteiger partial charge in [-0.3, -0.25) is 9.78 Å². The van der Waals surface area contributed by atoms with Crippen LogP contribution in [0.2, 0.25) is 0 Å². The molecule has 3 aromatic rings. The highest BCUT2D eigenvalue weighted by molar-refractivity contribution is 5.97. The molecule has 3 aromatic heterocycles. The number of nitrogens with one attached hydrogen (secondary N) is 2. The molecule has 0 aromatic carbocycles. The van der Waals surface area contributed by atoms with Crippen LogP contribution in [0.5, 0.6) is 0 Å². The van der Waals surface area contributed by atoms with Crippen LogP contribution in [0, 0.1) is 0 Å². The fraction of sp³-hybridized carbons (Fsp3) is 0.273. The highest BCUT2D eigenvalue weighted by atomic mass is 16.1. The molecule has 6 N–H and O–H groups in total. The third-order valence-electron chi connectivity index (χ3n) is 5.28. The van der Waals surface area contributed by atoms with Gasteiger partial charge in [-0.2, -0.15) is 0 Å². The van der Waals surface area contributed by atoms with E-state index in [-0.39, 0.29) is 17.8 Å². The molecule has 1 amide bonds. The van der Waals surface area contributed by atoms with Crippen LogP contribution in [0.25, 0.3) is 11.3 Å². The predicted molar refractivity (Wildman–Crippen MR) is 117 cm³/mol. The summed E-state index contributed by atoms with van der Waals surface area (Å²) in [4.78, 5) is 24.8. The number of rotatable bonds is 6. The Morgan fingerprint density at radius 3 is 2.67 bits per heavy atom. The number of nitrogens with two attached hydrogens (primary N) is 2. The van der Waals surface area contributed by atoms with E-state index in [4.69, 9.17) is 11.5 Å². The summed E-state index contributed by atoms with van der Waals surface area (Å²) in [5.41, 5.74) is 15.0. The fourth-order valence-corrected chi connectivity index (χ4v) is 3.71. The van der Waals surface area contributed by atoms with Gasteiger partial charge in [0, 0.05) is 30.0 Å². The van der Waals surface area contributed by atoms with Crippen molar-refractivity contribution in [3.05, 3.63) is 60.7 Å². The first-order chi connectivity index (χ1) is 14.6. The Bertz CT molecular complexity index is 1030. The maximum atomic E-state index is 11.9. The van der Waals surface area contributed by atoms with Crippen molar-refractivity contribution in [3.8, 4) is 11.3 Å². The zero-order valence-corrected chi connectivity index (χ0v) is 16.6. The minimum absolute atomic E-state index is 0.102. The second-order valence-electron chi connectivity index (χ2n) is 7.45. The summed E-state index contributed by atoms with van der Waals surface area (Å²) >= 11 is 0. The van der Waals surface area contributed by atoms with Crippen LogP contribution in [-0.4, -0.2) is 32.9 Å². The lowest BCUT2D eigenvalue weighted by Gasteiger charge is -2.30. The van der Waals surface area contributed by atoms with Gasteiger partial charge in [-0.15, -0.1) is 0 Å². The molecule has 0 unspecified atom stereocenters. The minimum atomic E-state index is -0.608. The molecule has 0 bridgehead atoms. The molecule has 154 valence electrons. The molecule has 1 fully saturated rings. The lowest BCUT2D eigenvalue weighted by atomic mass is 9.91. The molecule has 1 aliphatic carbocycles. The van der Waals surface area contributed by atoms with Crippen LogP contribution in [0.4, 0.5) is 17.2 Å². The van der Waals surface area contributed by atoms with E-state index in [0.717, 1.165) is 42.6 Å². The zero-order valence-electron chi connectivity index (χ0n) is 16.6. The lowest BCUT2D eigenvalue weighted by Crippen LogP contribution is -2.42. The molecule has 0 saturated heterocycles. The van der Waals surface area contributed by atoms with Gasteiger partial charge in [0.15, 0.2) is 5.69 Å². The first-order valence-corrected chi connectivity index (χ1v) is 10.1. The van der Waals surface area contributed by atoms with Gasteiger partial charge in [0.05, 0.1) is 23.3 Å². The molecule has 0 radical (unpaired) electrons. The second kappa shape index (κ2) is 8.87. The predicted octanol–water partition coefficient (Wildman–Crippen LogP) is 3.06. The summed E-state index contributed by atoms with van der Waals surface area (Å²) in [7, 11) is 0. The van der Waals surface area contributed by atoms with Crippen molar-refractivity contribution in [2.45, 2.75) is 37.8 Å². The topological polar surface area (TPSA) is 132 Å². The van der Waals surface area contributed by atoms with Crippen LogP contribution in [0.3, 0.4) is 0 Å². The first kappa shape index (κ1) is 19.8. The Kier molecular flexibility index (Phi) is 5.85. The summed E-state index contributed by atoms with van der Waals surface area (Å²) in [6.07, 6.45) is 9.37. The molecule has 1 saturated carbocycles. The standard InChI is InChI=1S/C22H25N7O/c23-16-4-1-2-5-18(16)27-15-12-19(21(22(24)30)26-13-15)29-20-7-3-6-17(28-20)14-8-10-25-11-9-14/h3,6-13,16,18,27H,1-2,4-5,23H2,(H2,24,30)(H,28,29)/t16-,18+/m0/s1. The summed E-state index contributed by atoms with van der Waals surface area (Å²) in [5.74, 6) is -0.0242. The number of nitrogens with zero attached hydrogens (tertiary/aromatic N) is 3. The average molecular weight is 403 g/mol. The van der Waals surface area contributed by atoms with E-state index >= 15 is 0 Å². The van der Waals surface area contributed by atoms with Crippen LogP contribution < -0.4 is 22.1 Å². The van der Waals surface area contributed by atoms with Crippen LogP contribution >= 0.6 is 0 Å². The van der Waals surface area contributed by atoms with E-state index in [1.807, 2.05) is 36.4 Å². The smallest absolute Gasteiger partial charge is 0.269 e. The van der Waals surface area contributed by atoms with E-state index in [9.17, 15) is 4.79 Å². The van der Waals surface area contributed by atoms with Crippen molar-refractivity contribution >= 4 is 23.1 Å². The lowest BCUT2D eigenvalue weighted by molar-refractivity contribution is 0.0996. The van der Waals surface area contributed by atoms with Crippen LogP contribution in [-0.2, 0) is 0 Å². The zero-order chi connectivity index (χ0) is 20.9. The van der Waals surface area contributed by atoms with E-state index in [0.29, 0.717) is 11.5 Å². The monoisotopic (exact) mass is 403 g/mol. The van der Waals surface area contributed by atoms with E-state index in [1.165, 1.54) is 0 Å². The van der Waals surface area contributed by atoms with Gasteiger partial charge >= 0.3 is 0 Å². The molecule has 4 rings (SSSR count). The summed E-state index contributed by atoms with van der Waals surface area (Å²) < 4.78 is 0. The van der Waals surface area contributed by atoms with E-state index < -0.39 is 5.91 Å². The minimum Gasteiger partial charge on any atom is -0.379 e. The number of amides is 1. The highest BCUT2D eigenvalue weighted by Gasteiger charge is 2.22. The van der Waals surface area contributed by atoms with Crippen molar-refractivity contribution in [2.75, 3.05) is 10.6 Å². The molecule has 0 spiro atoms. The summed E-state index contributed by atoms with van der Waals surface area (Å²) in [5, 5.41) is 6.64. The Morgan fingerprint density at radius 1 is 1.10 bits per heavy atom. The second-order valence-corrected chi connectivity index (χ2v) is 7.45. The quantitative estimate of drug-likeness (QED) is 0.497. The highest BCUT2D eigenvalue weighted by Crippen LogP contribution is 2.26. The molecule has 3 heterocycles. The van der Waals surface area contributed by atoms with Gasteiger partial charge in [-0.05, 0) is 43.2 Å². The number of anilines is 3. The van der Waals surface area contributed by atoms with Crippen molar-refractivity contribution < 1.29 is 4.79 Å². The van der Waals surface area contributed by atoms with Gasteiger partial charge < -0.3 is 22.1 Å². The molecular formula is C22H25N7O. The molecule has 8 heteroatoms. The Balaban J connectivity index is 1.60. The molecule has 2 atom stereocenters. The average Bonchev–Trinajstić information content (AvgIpc) is 2.76. The number of hydrogen-bond acceptors (Lipinski definition) is 7. The molecule has 0 aliphatic heterocycles. The van der Waals surface area contributed by atoms with E-state index in [2.05, 4.69) is 25.6 Å². The van der Waals surface area contributed by atoms with Gasteiger partial charge in [0.1, 0.15) is 5.82 Å². The van der Waals surface area contributed by atoms with Crippen LogP contribution in [0.1, 0.15) is 36.2 Å². The third kappa shape index (κ3) is 4.55. The molecular weight excluding hydrogens is 378 g/mol. The van der Waals surface area contributed by atoms with Gasteiger partial charge in [-0.25, -0.2) is 9.97 Å². The number of hydrogen-bond donors (Lipinski definition) is 4. The van der Waals surface area contributed by atoms with Crippen LogP contribution in [0.15, 0.2) is 55.0 Å². The number of pyridine rings is 3. The molecule has 30 heavy (non-hydrogen) atoms. The number of primary amides is 1. The SMILES string of the molecule is NC(=O)c1ncc(N[C@@H]2CCCC[C@@H]2N)cc1Nc1cccc(-c2ccncc2)n1. The number of aromatic nitrogens is 3. The third-order valence-corrected chi connectivity index (χ3v) is 5.28. The van der Waals surface area contributed by atoms with Crippen molar-refractivity contribution in [1.29, 1.82) is 0 Å². The normalized spacial score (nSPS) is 18.6. The van der Waals surface area contributed by atoms with Gasteiger partial charge in [-0.1, -0.05) is 18.9 Å². The largest absolute Gasteiger partial charge is 0.379 e. The summed E-state index contributed by atoms with van der Waals surface area (Å²) in [6.45, 7) is 0. The Hall–Kier alpha value is -3.52. The summed E-state index contributed by atoms with van der Waals surface area (Å²) in [6, 6.07) is 11.5. The molecule has 8 nitrogen and oxygen atoms in total. The van der Waals surface area contributed by atoms with Gasteiger partial charge in [0.2, 0.25) is 0 Å². The maximum absolute atomic E-state index is 11.9. The fourth-order valence-electron chi connectivity index (χ4n) is 3.71. The van der Waals surface area contributed by atoms with E-state index in [1.54, 1.807) is 18.6 Å². The number of carbonyl (C=O) groups excluding carboxylic acids is 1. The van der Waals surface area contributed by atoms with Gasteiger partial charge in [0.25, 0.3) is 5.91 Å². The maximum Gasteiger partial charge on any atom is 0.269 e.